The van der Waals surface area contributed by atoms with E-state index in [9.17, 15) is 4.79 Å². The molecular formula is C18H28N2O. The maximum Gasteiger partial charge on any atom is 0.241 e. The molecule has 0 unspecified atom stereocenters. The van der Waals surface area contributed by atoms with Crippen LogP contribution in [0.5, 0.6) is 0 Å². The molecule has 1 N–H and O–H groups in total. The maximum atomic E-state index is 12.4. The van der Waals surface area contributed by atoms with Crippen LogP contribution in [0.4, 0.5) is 5.69 Å². The van der Waals surface area contributed by atoms with Crippen LogP contribution in [0.2, 0.25) is 0 Å². The zero-order valence-electron chi connectivity index (χ0n) is 13.6. The van der Waals surface area contributed by atoms with Gasteiger partial charge in [-0.05, 0) is 30.4 Å². The summed E-state index contributed by atoms with van der Waals surface area (Å²) >= 11 is 0. The Morgan fingerprint density at radius 2 is 1.90 bits per heavy atom. The fourth-order valence-corrected chi connectivity index (χ4v) is 3.13. The summed E-state index contributed by atoms with van der Waals surface area (Å²) in [6.07, 6.45) is 6.14. The van der Waals surface area contributed by atoms with E-state index in [1.165, 1.54) is 24.8 Å². The van der Waals surface area contributed by atoms with Crippen molar-refractivity contribution in [3.8, 4) is 0 Å². The molecule has 1 saturated carbocycles. The molecular weight excluding hydrogens is 260 g/mol. The van der Waals surface area contributed by atoms with Gasteiger partial charge in [0.25, 0.3) is 0 Å². The van der Waals surface area contributed by atoms with Crippen LogP contribution in [0.15, 0.2) is 24.3 Å². The van der Waals surface area contributed by atoms with Crippen molar-refractivity contribution in [2.24, 2.45) is 0 Å². The largest absolute Gasteiger partial charge is 0.376 e. The number of carbonyl (C=O) groups is 1. The molecule has 1 aromatic carbocycles. The Kier molecular flexibility index (Phi) is 5.66. The monoisotopic (exact) mass is 288 g/mol. The van der Waals surface area contributed by atoms with Gasteiger partial charge in [-0.25, -0.2) is 0 Å². The highest BCUT2D eigenvalue weighted by Crippen LogP contribution is 2.24. The Morgan fingerprint density at radius 1 is 1.24 bits per heavy atom. The minimum Gasteiger partial charge on any atom is -0.376 e. The van der Waals surface area contributed by atoms with Crippen molar-refractivity contribution in [2.75, 3.05) is 18.9 Å². The smallest absolute Gasteiger partial charge is 0.241 e. The van der Waals surface area contributed by atoms with E-state index in [1.807, 2.05) is 18.0 Å². The van der Waals surface area contributed by atoms with Gasteiger partial charge in [-0.1, -0.05) is 51.3 Å². The number of carbonyl (C=O) groups excluding carboxylic acids is 1. The SMILES string of the molecule is CC(C)c1ccccc1NCC(=O)N(C)C1CCCCC1. The first kappa shape index (κ1) is 15.9. The topological polar surface area (TPSA) is 32.3 Å². The van der Waals surface area contributed by atoms with Crippen LogP contribution in [0, 0.1) is 0 Å². The number of hydrogen-bond donors (Lipinski definition) is 1. The standard InChI is InChI=1S/C18H28N2O/c1-14(2)16-11-7-8-12-17(16)19-13-18(21)20(3)15-9-5-4-6-10-15/h7-8,11-12,14-15,19H,4-6,9-10,13H2,1-3H3. The van der Waals surface area contributed by atoms with E-state index in [1.54, 1.807) is 0 Å². The molecule has 0 atom stereocenters. The Bertz CT molecular complexity index is 464. The van der Waals surface area contributed by atoms with Gasteiger partial charge in [-0.15, -0.1) is 0 Å². The van der Waals surface area contributed by atoms with Gasteiger partial charge >= 0.3 is 0 Å². The van der Waals surface area contributed by atoms with Gasteiger partial charge in [-0.3, -0.25) is 4.79 Å². The molecule has 1 aliphatic rings. The molecule has 21 heavy (non-hydrogen) atoms. The zero-order valence-corrected chi connectivity index (χ0v) is 13.6. The summed E-state index contributed by atoms with van der Waals surface area (Å²) in [4.78, 5) is 14.3. The summed E-state index contributed by atoms with van der Waals surface area (Å²) in [5.74, 6) is 0.653. The molecule has 0 bridgehead atoms. The molecule has 0 saturated heterocycles. The van der Waals surface area contributed by atoms with Crippen molar-refractivity contribution in [1.82, 2.24) is 4.90 Å². The van der Waals surface area contributed by atoms with Gasteiger partial charge < -0.3 is 10.2 Å². The van der Waals surface area contributed by atoms with E-state index < -0.39 is 0 Å². The van der Waals surface area contributed by atoms with E-state index in [0.29, 0.717) is 18.5 Å². The summed E-state index contributed by atoms with van der Waals surface area (Å²) in [6, 6.07) is 8.69. The summed E-state index contributed by atoms with van der Waals surface area (Å²) in [5, 5.41) is 3.32. The minimum absolute atomic E-state index is 0.195. The van der Waals surface area contributed by atoms with Crippen molar-refractivity contribution in [3.63, 3.8) is 0 Å². The van der Waals surface area contributed by atoms with Crippen molar-refractivity contribution in [3.05, 3.63) is 29.8 Å². The number of nitrogens with one attached hydrogen (secondary N) is 1. The summed E-state index contributed by atoms with van der Waals surface area (Å²) in [6.45, 7) is 4.74. The van der Waals surface area contributed by atoms with Crippen LogP contribution >= 0.6 is 0 Å². The normalized spacial score (nSPS) is 16.0. The fraction of sp³-hybridized carbons (Fsp3) is 0.611. The highest BCUT2D eigenvalue weighted by Gasteiger charge is 2.21. The zero-order chi connectivity index (χ0) is 15.2. The average Bonchev–Trinajstić information content (AvgIpc) is 2.52. The van der Waals surface area contributed by atoms with Crippen molar-refractivity contribution in [2.45, 2.75) is 57.9 Å². The van der Waals surface area contributed by atoms with Crippen LogP contribution in [0.25, 0.3) is 0 Å². The molecule has 0 heterocycles. The van der Waals surface area contributed by atoms with E-state index in [2.05, 4.69) is 37.4 Å². The number of benzene rings is 1. The molecule has 1 fully saturated rings. The second-order valence-corrected chi connectivity index (χ2v) is 6.39. The number of hydrogen-bond acceptors (Lipinski definition) is 2. The highest BCUT2D eigenvalue weighted by molar-refractivity contribution is 5.81. The molecule has 1 aliphatic carbocycles. The van der Waals surface area contributed by atoms with Gasteiger partial charge in [0.05, 0.1) is 6.54 Å². The third kappa shape index (κ3) is 4.23. The van der Waals surface area contributed by atoms with Crippen LogP contribution < -0.4 is 5.32 Å². The third-order valence-corrected chi connectivity index (χ3v) is 4.53. The van der Waals surface area contributed by atoms with Gasteiger partial charge in [0.1, 0.15) is 0 Å². The van der Waals surface area contributed by atoms with Crippen molar-refractivity contribution in [1.29, 1.82) is 0 Å². The highest BCUT2D eigenvalue weighted by atomic mass is 16.2. The molecule has 0 spiro atoms. The van der Waals surface area contributed by atoms with Crippen LogP contribution in [0.3, 0.4) is 0 Å². The van der Waals surface area contributed by atoms with Crippen molar-refractivity contribution >= 4 is 11.6 Å². The van der Waals surface area contributed by atoms with Gasteiger partial charge in [0.2, 0.25) is 5.91 Å². The summed E-state index contributed by atoms with van der Waals surface area (Å²) < 4.78 is 0. The van der Waals surface area contributed by atoms with E-state index >= 15 is 0 Å². The van der Waals surface area contributed by atoms with E-state index in [0.717, 1.165) is 18.5 Å². The molecule has 3 heteroatoms. The van der Waals surface area contributed by atoms with Gasteiger partial charge in [-0.2, -0.15) is 0 Å². The quantitative estimate of drug-likeness (QED) is 0.887. The molecule has 116 valence electrons. The van der Waals surface area contributed by atoms with Gasteiger partial charge in [0, 0.05) is 18.8 Å². The summed E-state index contributed by atoms with van der Waals surface area (Å²) in [5.41, 5.74) is 2.35. The number of anilines is 1. The Balaban J connectivity index is 1.91. The lowest BCUT2D eigenvalue weighted by atomic mass is 9.94. The first-order chi connectivity index (χ1) is 10.1. The second-order valence-electron chi connectivity index (χ2n) is 6.39. The lowest BCUT2D eigenvalue weighted by molar-refractivity contribution is -0.130. The number of rotatable bonds is 5. The molecule has 3 nitrogen and oxygen atoms in total. The first-order valence-electron chi connectivity index (χ1n) is 8.18. The number of nitrogens with zero attached hydrogens (tertiary/aromatic N) is 1. The van der Waals surface area contributed by atoms with Crippen molar-refractivity contribution < 1.29 is 4.79 Å². The van der Waals surface area contributed by atoms with Crippen LogP contribution in [-0.2, 0) is 4.79 Å². The Labute approximate surface area is 128 Å². The fourth-order valence-electron chi connectivity index (χ4n) is 3.13. The molecule has 0 radical (unpaired) electrons. The lowest BCUT2D eigenvalue weighted by Gasteiger charge is -2.31. The van der Waals surface area contributed by atoms with E-state index in [-0.39, 0.29) is 5.91 Å². The number of likely N-dealkylation sites (N-methyl/N-ethyl adjacent to an activating group) is 1. The number of amides is 1. The van der Waals surface area contributed by atoms with Crippen LogP contribution in [0.1, 0.15) is 57.4 Å². The molecule has 1 amide bonds. The predicted octanol–water partition coefficient (Wildman–Crippen LogP) is 4.01. The predicted molar refractivity (Wildman–Crippen MR) is 88.7 cm³/mol. The third-order valence-electron chi connectivity index (χ3n) is 4.53. The Hall–Kier alpha value is -1.51. The van der Waals surface area contributed by atoms with Crippen LogP contribution in [-0.4, -0.2) is 30.4 Å². The Morgan fingerprint density at radius 3 is 2.57 bits per heavy atom. The average molecular weight is 288 g/mol. The van der Waals surface area contributed by atoms with E-state index in [4.69, 9.17) is 0 Å². The minimum atomic E-state index is 0.195. The lowest BCUT2D eigenvalue weighted by Crippen LogP contribution is -2.41. The number of para-hydroxylation sites is 1. The maximum absolute atomic E-state index is 12.4. The first-order valence-corrected chi connectivity index (χ1v) is 8.18. The molecule has 1 aromatic rings. The molecule has 0 aromatic heterocycles. The second kappa shape index (κ2) is 7.48. The summed E-state index contributed by atoms with van der Waals surface area (Å²) in [7, 11) is 1.95. The van der Waals surface area contributed by atoms with Gasteiger partial charge in [0.15, 0.2) is 0 Å². The molecule has 2 rings (SSSR count). The molecule has 0 aliphatic heterocycles.